The van der Waals surface area contributed by atoms with E-state index in [1.54, 1.807) is 0 Å². The molecule has 0 aliphatic rings. The molecule has 2 nitrogen and oxygen atoms in total. The fraction of sp³-hybridized carbons (Fsp3) is 0.141. The molecule has 0 aliphatic carbocycles. The molecule has 0 saturated carbocycles. The van der Waals surface area contributed by atoms with Gasteiger partial charge < -0.3 is 4.57 Å². The van der Waals surface area contributed by atoms with Gasteiger partial charge in [0.1, 0.15) is 0 Å². The Morgan fingerprint density at radius 1 is 0.561 bits per heavy atom. The Hall–Kier alpha value is -7.55. The third-order valence-corrected chi connectivity index (χ3v) is 12.2. The van der Waals surface area contributed by atoms with E-state index in [0.717, 1.165) is 17.7 Å². The average molecular weight is 859 g/mol. The fourth-order valence-corrected chi connectivity index (χ4v) is 8.81. The third-order valence-electron chi connectivity index (χ3n) is 12.2. The standard InChI is InChI=1S/C36H27N.C18H19N.C8H10.C2H6/c1-24-12-6-8-16-29(24)32-22-26-13-7-9-17-30(26)36(25(32)2)27-20-21-35-33(23-27)31-18-10-11-19-34(31)37(35)28-14-4-3-5-15-28;1-14-8-7-11-17(12-14)18(19-3)13-15(2)16-9-5-4-6-10-16;1-2-8-6-4-3-5-7-8;1-2/h3-23H,1-2H3;4-13,15H,3H2,1-2H3;3-7H,2H2,1H3;1-2H3/b;18-13-;;. The van der Waals surface area contributed by atoms with Crippen LogP contribution >= 0.6 is 0 Å². The molecule has 0 radical (unpaired) electrons. The normalized spacial score (nSPS) is 11.4. The monoisotopic (exact) mass is 858 g/mol. The van der Waals surface area contributed by atoms with Gasteiger partial charge in [-0.1, -0.05) is 209 Å². The fourth-order valence-electron chi connectivity index (χ4n) is 8.81. The van der Waals surface area contributed by atoms with Crippen molar-refractivity contribution in [1.29, 1.82) is 0 Å². The Bertz CT molecular complexity index is 3190. The number of aryl methyl sites for hydroxylation is 3. The number of rotatable bonds is 8. The first kappa shape index (κ1) is 46.4. The second-order valence-electron chi connectivity index (χ2n) is 16.5. The van der Waals surface area contributed by atoms with Gasteiger partial charge in [-0.3, -0.25) is 4.99 Å². The number of fused-ring (bicyclic) bond motifs is 4. The molecule has 0 amide bonds. The zero-order chi connectivity index (χ0) is 46.4. The van der Waals surface area contributed by atoms with Crippen molar-refractivity contribution in [2.24, 2.45) is 4.99 Å². The van der Waals surface area contributed by atoms with Crippen LogP contribution in [0.4, 0.5) is 0 Å². The molecule has 1 aromatic heterocycles. The molecule has 0 saturated heterocycles. The van der Waals surface area contributed by atoms with E-state index < -0.39 is 0 Å². The molecular formula is C64H62N2. The number of nitrogens with zero attached hydrogens (tertiary/aromatic N) is 2. The van der Waals surface area contributed by atoms with Gasteiger partial charge in [-0.25, -0.2) is 0 Å². The molecule has 0 N–H and O–H groups in total. The van der Waals surface area contributed by atoms with Gasteiger partial charge in [0.25, 0.3) is 0 Å². The zero-order valence-electron chi connectivity index (χ0n) is 39.7. The summed E-state index contributed by atoms with van der Waals surface area (Å²) in [5, 5.41) is 5.12. The average Bonchev–Trinajstić information content (AvgIpc) is 3.71. The van der Waals surface area contributed by atoms with Crippen LogP contribution in [0.15, 0.2) is 223 Å². The number of benzene rings is 9. The molecule has 328 valence electrons. The molecule has 10 aromatic rings. The van der Waals surface area contributed by atoms with Crippen LogP contribution in [0.5, 0.6) is 0 Å². The lowest BCUT2D eigenvalue weighted by Gasteiger charge is -2.18. The van der Waals surface area contributed by atoms with Crippen LogP contribution in [0.2, 0.25) is 0 Å². The van der Waals surface area contributed by atoms with Gasteiger partial charge in [0.05, 0.1) is 16.7 Å². The Morgan fingerprint density at radius 3 is 1.83 bits per heavy atom. The van der Waals surface area contributed by atoms with Gasteiger partial charge >= 0.3 is 0 Å². The van der Waals surface area contributed by atoms with Crippen molar-refractivity contribution >= 4 is 45.0 Å². The van der Waals surface area contributed by atoms with Crippen LogP contribution in [-0.2, 0) is 6.42 Å². The number of hydrogen-bond donors (Lipinski definition) is 0. The summed E-state index contributed by atoms with van der Waals surface area (Å²) in [6.45, 7) is 18.6. The molecule has 1 heterocycles. The largest absolute Gasteiger partial charge is 0.309 e. The summed E-state index contributed by atoms with van der Waals surface area (Å²) in [7, 11) is 0. The summed E-state index contributed by atoms with van der Waals surface area (Å²) in [5.41, 5.74) is 17.4. The van der Waals surface area contributed by atoms with Crippen LogP contribution in [0, 0.1) is 20.8 Å². The highest BCUT2D eigenvalue weighted by Gasteiger charge is 2.18. The quantitative estimate of drug-likeness (QED) is 0.135. The van der Waals surface area contributed by atoms with Crippen molar-refractivity contribution in [2.75, 3.05) is 0 Å². The second kappa shape index (κ2) is 22.4. The van der Waals surface area contributed by atoms with Crippen LogP contribution < -0.4 is 0 Å². The summed E-state index contributed by atoms with van der Waals surface area (Å²) < 4.78 is 2.38. The predicted octanol–water partition coefficient (Wildman–Crippen LogP) is 18.0. The molecule has 0 aliphatic heterocycles. The van der Waals surface area contributed by atoms with Crippen molar-refractivity contribution in [3.8, 4) is 27.9 Å². The van der Waals surface area contributed by atoms with E-state index in [0.29, 0.717) is 5.92 Å². The molecule has 0 spiro atoms. The smallest absolute Gasteiger partial charge is 0.0661 e. The van der Waals surface area contributed by atoms with Crippen molar-refractivity contribution in [3.63, 3.8) is 0 Å². The molecule has 10 rings (SSSR count). The highest BCUT2D eigenvalue weighted by atomic mass is 15.0. The van der Waals surface area contributed by atoms with Crippen molar-refractivity contribution < 1.29 is 0 Å². The Labute approximate surface area is 393 Å². The first-order chi connectivity index (χ1) is 32.3. The highest BCUT2D eigenvalue weighted by Crippen LogP contribution is 2.42. The molecule has 2 heteroatoms. The minimum Gasteiger partial charge on any atom is -0.309 e. The van der Waals surface area contributed by atoms with E-state index in [-0.39, 0.29) is 0 Å². The van der Waals surface area contributed by atoms with Gasteiger partial charge in [0.15, 0.2) is 0 Å². The summed E-state index contributed by atoms with van der Waals surface area (Å²) in [6.07, 6.45) is 3.30. The van der Waals surface area contributed by atoms with Gasteiger partial charge in [-0.15, -0.1) is 0 Å². The first-order valence-electron chi connectivity index (χ1n) is 23.4. The lowest BCUT2D eigenvalue weighted by molar-refractivity contribution is 0.967. The van der Waals surface area contributed by atoms with E-state index in [1.165, 1.54) is 88.3 Å². The molecule has 9 aromatic carbocycles. The molecular weight excluding hydrogens is 797 g/mol. The topological polar surface area (TPSA) is 17.3 Å². The lowest BCUT2D eigenvalue weighted by Crippen LogP contribution is -1.94. The highest BCUT2D eigenvalue weighted by molar-refractivity contribution is 6.12. The van der Waals surface area contributed by atoms with E-state index in [9.17, 15) is 0 Å². The Morgan fingerprint density at radius 2 is 1.17 bits per heavy atom. The summed E-state index contributed by atoms with van der Waals surface area (Å²) >= 11 is 0. The van der Waals surface area contributed by atoms with Crippen LogP contribution in [0.25, 0.3) is 66.2 Å². The van der Waals surface area contributed by atoms with E-state index in [4.69, 9.17) is 0 Å². The van der Waals surface area contributed by atoms with Crippen molar-refractivity contribution in [3.05, 3.63) is 252 Å². The number of aromatic nitrogens is 1. The van der Waals surface area contributed by atoms with Gasteiger partial charge in [0.2, 0.25) is 0 Å². The SMILES string of the molecule is C=N/C(=C\C(C)c1ccccc1)c1cccc(C)c1.CC.CCc1ccccc1.Cc1ccccc1-c1cc2ccccc2c(-c2ccc3c(c2)c2ccccc2n3-c2ccccc2)c1C. The minimum absolute atomic E-state index is 0.321. The minimum atomic E-state index is 0.321. The lowest BCUT2D eigenvalue weighted by atomic mass is 9.86. The van der Waals surface area contributed by atoms with Crippen molar-refractivity contribution in [1.82, 2.24) is 4.57 Å². The van der Waals surface area contributed by atoms with Gasteiger partial charge in [0, 0.05) is 27.9 Å². The Kier molecular flexibility index (Phi) is 15.7. The number of allylic oxidation sites excluding steroid dienone is 1. The van der Waals surface area contributed by atoms with E-state index in [2.05, 4.69) is 257 Å². The molecule has 0 bridgehead atoms. The number of para-hydroxylation sites is 2. The number of aliphatic imine (C=N–C) groups is 1. The molecule has 0 fully saturated rings. The summed E-state index contributed by atoms with van der Waals surface area (Å²) in [5.74, 6) is 0.321. The van der Waals surface area contributed by atoms with Crippen LogP contribution in [0.3, 0.4) is 0 Å². The third kappa shape index (κ3) is 10.5. The Balaban J connectivity index is 0.000000186. The maximum absolute atomic E-state index is 4.18. The van der Waals surface area contributed by atoms with Gasteiger partial charge in [-0.2, -0.15) is 0 Å². The van der Waals surface area contributed by atoms with E-state index >= 15 is 0 Å². The number of hydrogen-bond acceptors (Lipinski definition) is 1. The maximum Gasteiger partial charge on any atom is 0.0661 e. The second-order valence-corrected chi connectivity index (χ2v) is 16.5. The zero-order valence-corrected chi connectivity index (χ0v) is 39.7. The van der Waals surface area contributed by atoms with Crippen molar-refractivity contribution in [2.45, 2.75) is 60.8 Å². The van der Waals surface area contributed by atoms with Gasteiger partial charge in [-0.05, 0) is 132 Å². The molecule has 66 heavy (non-hydrogen) atoms. The molecule has 1 unspecified atom stereocenters. The predicted molar refractivity (Wildman–Crippen MR) is 289 cm³/mol. The maximum atomic E-state index is 4.18. The first-order valence-corrected chi connectivity index (χ1v) is 23.4. The summed E-state index contributed by atoms with van der Waals surface area (Å²) in [6, 6.07) is 75.5. The molecule has 1 atom stereocenters. The van der Waals surface area contributed by atoms with E-state index in [1.807, 2.05) is 26.0 Å². The van der Waals surface area contributed by atoms with Crippen LogP contribution in [0.1, 0.15) is 67.0 Å². The van der Waals surface area contributed by atoms with Crippen LogP contribution in [-0.4, -0.2) is 11.3 Å². The summed E-state index contributed by atoms with van der Waals surface area (Å²) in [4.78, 5) is 4.18.